The summed E-state index contributed by atoms with van der Waals surface area (Å²) >= 11 is 0. The van der Waals surface area contributed by atoms with E-state index in [1.165, 1.54) is 11.0 Å². The number of aromatic nitrogens is 1. The van der Waals surface area contributed by atoms with Gasteiger partial charge in [-0.25, -0.2) is 4.79 Å². The lowest BCUT2D eigenvalue weighted by Gasteiger charge is -2.28. The van der Waals surface area contributed by atoms with Crippen molar-refractivity contribution in [1.82, 2.24) is 10.3 Å². The molecule has 2 heterocycles. The van der Waals surface area contributed by atoms with Crippen LogP contribution in [0.25, 0.3) is 0 Å². The van der Waals surface area contributed by atoms with E-state index in [4.69, 9.17) is 9.47 Å². The number of urea groups is 1. The van der Waals surface area contributed by atoms with E-state index < -0.39 is 29.7 Å². The van der Waals surface area contributed by atoms with Crippen LogP contribution >= 0.6 is 0 Å². The number of aliphatic hydroxyl groups is 1. The molecule has 172 valence electrons. The Balaban J connectivity index is 1.59. The molecule has 0 spiro atoms. The summed E-state index contributed by atoms with van der Waals surface area (Å²) in [6.45, 7) is 5.23. The van der Waals surface area contributed by atoms with E-state index >= 15 is 0 Å². The molecule has 0 aliphatic carbocycles. The van der Waals surface area contributed by atoms with E-state index in [0.29, 0.717) is 17.0 Å². The van der Waals surface area contributed by atoms with Gasteiger partial charge >= 0.3 is 12.2 Å². The predicted octanol–water partition coefficient (Wildman–Crippen LogP) is 4.14. The van der Waals surface area contributed by atoms with Crippen LogP contribution in [0.4, 0.5) is 23.7 Å². The lowest BCUT2D eigenvalue weighted by atomic mass is 10.1. The molecule has 7 nitrogen and oxygen atoms in total. The number of nitrogens with zero attached hydrogens (tertiary/aromatic N) is 2. The Morgan fingerprint density at radius 3 is 2.53 bits per heavy atom. The zero-order chi connectivity index (χ0) is 23.5. The monoisotopic (exact) mass is 451 g/mol. The van der Waals surface area contributed by atoms with Crippen LogP contribution in [0, 0.1) is 6.92 Å². The number of alkyl halides is 3. The number of hydrogen-bond acceptors (Lipinski definition) is 5. The number of benzene rings is 1. The lowest BCUT2D eigenvalue weighted by molar-refractivity contribution is -0.141. The van der Waals surface area contributed by atoms with Crippen molar-refractivity contribution >= 4 is 11.7 Å². The highest BCUT2D eigenvalue weighted by atomic mass is 19.4. The average molecular weight is 451 g/mol. The second kappa shape index (κ2) is 9.17. The number of ether oxygens (including phenoxy) is 2. The van der Waals surface area contributed by atoms with Crippen LogP contribution in [0.5, 0.6) is 5.75 Å². The fraction of sp³-hybridized carbons (Fsp3) is 0.364. The van der Waals surface area contributed by atoms with Gasteiger partial charge in [-0.05, 0) is 62.2 Å². The Morgan fingerprint density at radius 1 is 1.22 bits per heavy atom. The number of nitrogens with one attached hydrogen (secondary N) is 1. The van der Waals surface area contributed by atoms with Gasteiger partial charge in [0.05, 0.1) is 17.9 Å². The molecule has 2 amide bonds. The van der Waals surface area contributed by atoms with Crippen molar-refractivity contribution in [3.8, 4) is 5.75 Å². The molecule has 1 unspecified atom stereocenters. The Bertz CT molecular complexity index is 985. The SMILES string of the molecule is Cc1cc(N2C=CC(OCc3ccc(C(F)(F)F)nc3)NC2=O)ccc1OCC(C)(C)O. The van der Waals surface area contributed by atoms with Crippen molar-refractivity contribution in [2.75, 3.05) is 11.5 Å². The van der Waals surface area contributed by atoms with Crippen LogP contribution in [-0.4, -0.2) is 34.6 Å². The van der Waals surface area contributed by atoms with Gasteiger partial charge in [0.1, 0.15) is 18.1 Å². The fourth-order valence-corrected chi connectivity index (χ4v) is 2.84. The zero-order valence-electron chi connectivity index (χ0n) is 17.8. The maximum atomic E-state index is 12.6. The Morgan fingerprint density at radius 2 is 1.97 bits per heavy atom. The highest BCUT2D eigenvalue weighted by Gasteiger charge is 2.32. The van der Waals surface area contributed by atoms with Gasteiger partial charge in [-0.1, -0.05) is 6.07 Å². The zero-order valence-corrected chi connectivity index (χ0v) is 17.8. The van der Waals surface area contributed by atoms with E-state index in [0.717, 1.165) is 17.8 Å². The predicted molar refractivity (Wildman–Crippen MR) is 111 cm³/mol. The topological polar surface area (TPSA) is 83.9 Å². The quantitative estimate of drug-likeness (QED) is 0.661. The molecular formula is C22H24F3N3O4. The van der Waals surface area contributed by atoms with Gasteiger partial charge in [-0.3, -0.25) is 9.88 Å². The van der Waals surface area contributed by atoms with Crippen molar-refractivity contribution in [3.05, 3.63) is 65.6 Å². The summed E-state index contributed by atoms with van der Waals surface area (Å²) < 4.78 is 48.9. The molecular weight excluding hydrogens is 427 g/mol. The molecule has 1 aromatic carbocycles. The number of aryl methyl sites for hydroxylation is 1. The van der Waals surface area contributed by atoms with E-state index in [-0.39, 0.29) is 13.2 Å². The summed E-state index contributed by atoms with van der Waals surface area (Å²) in [6, 6.07) is 6.95. The summed E-state index contributed by atoms with van der Waals surface area (Å²) in [7, 11) is 0. The molecule has 3 rings (SSSR count). The summed E-state index contributed by atoms with van der Waals surface area (Å²) in [4.78, 5) is 17.3. The molecule has 1 aliphatic rings. The number of pyridine rings is 1. The first-order valence-electron chi connectivity index (χ1n) is 9.80. The summed E-state index contributed by atoms with van der Waals surface area (Å²) in [5.74, 6) is 0.601. The van der Waals surface area contributed by atoms with Crippen LogP contribution in [0.1, 0.15) is 30.7 Å². The minimum atomic E-state index is -4.50. The van der Waals surface area contributed by atoms with Gasteiger partial charge in [0.25, 0.3) is 0 Å². The lowest BCUT2D eigenvalue weighted by Crippen LogP contribution is -2.46. The standard InChI is InChI=1S/C22H24F3N3O4/c1-14-10-16(5-6-17(14)32-13-21(2,3)30)28-9-8-19(27-20(28)29)31-12-15-4-7-18(26-11-15)22(23,24)25/h4-11,19,30H,12-13H2,1-3H3,(H,27,29). The third-order valence-corrected chi connectivity index (χ3v) is 4.46. The maximum Gasteiger partial charge on any atom is 0.433 e. The molecule has 32 heavy (non-hydrogen) atoms. The molecule has 0 radical (unpaired) electrons. The fourth-order valence-electron chi connectivity index (χ4n) is 2.84. The first-order valence-corrected chi connectivity index (χ1v) is 9.80. The third-order valence-electron chi connectivity index (χ3n) is 4.46. The van der Waals surface area contributed by atoms with Crippen molar-refractivity contribution in [1.29, 1.82) is 0 Å². The van der Waals surface area contributed by atoms with E-state index in [2.05, 4.69) is 10.3 Å². The molecule has 1 atom stereocenters. The summed E-state index contributed by atoms with van der Waals surface area (Å²) in [6.07, 6.45) is -0.973. The Labute approximate surface area is 183 Å². The molecule has 0 bridgehead atoms. The first-order chi connectivity index (χ1) is 14.9. The highest BCUT2D eigenvalue weighted by molar-refractivity contribution is 5.95. The smallest absolute Gasteiger partial charge is 0.433 e. The summed E-state index contributed by atoms with van der Waals surface area (Å²) in [5.41, 5.74) is -0.0975. The maximum absolute atomic E-state index is 12.6. The molecule has 1 aromatic heterocycles. The van der Waals surface area contributed by atoms with Crippen LogP contribution in [-0.2, 0) is 17.5 Å². The van der Waals surface area contributed by atoms with Crippen LogP contribution in [0.3, 0.4) is 0 Å². The van der Waals surface area contributed by atoms with Gasteiger partial charge < -0.3 is 19.9 Å². The third kappa shape index (κ3) is 6.21. The molecule has 2 aromatic rings. The minimum absolute atomic E-state index is 0.0211. The highest BCUT2D eigenvalue weighted by Crippen LogP contribution is 2.28. The van der Waals surface area contributed by atoms with E-state index in [1.807, 2.05) is 6.92 Å². The molecule has 1 aliphatic heterocycles. The summed E-state index contributed by atoms with van der Waals surface area (Å²) in [5, 5.41) is 12.5. The Kier molecular flexibility index (Phi) is 6.75. The van der Waals surface area contributed by atoms with Crippen LogP contribution in [0.2, 0.25) is 0 Å². The number of rotatable bonds is 7. The van der Waals surface area contributed by atoms with Crippen LogP contribution in [0.15, 0.2) is 48.8 Å². The van der Waals surface area contributed by atoms with Crippen molar-refractivity contribution in [2.24, 2.45) is 0 Å². The van der Waals surface area contributed by atoms with E-state index in [9.17, 15) is 23.1 Å². The number of amides is 2. The average Bonchev–Trinajstić information content (AvgIpc) is 2.70. The molecule has 0 saturated heterocycles. The van der Waals surface area contributed by atoms with Crippen LogP contribution < -0.4 is 15.0 Å². The second-order valence-corrected chi connectivity index (χ2v) is 7.99. The number of carbonyl (C=O) groups is 1. The number of halogens is 3. The van der Waals surface area contributed by atoms with E-state index in [1.54, 1.807) is 44.3 Å². The molecule has 0 saturated carbocycles. The first kappa shape index (κ1) is 23.6. The van der Waals surface area contributed by atoms with Gasteiger partial charge in [0, 0.05) is 12.4 Å². The van der Waals surface area contributed by atoms with Crippen molar-refractivity contribution in [2.45, 2.75) is 45.4 Å². The van der Waals surface area contributed by atoms with Gasteiger partial charge in [0.15, 0.2) is 6.23 Å². The number of carbonyl (C=O) groups excluding carboxylic acids is 1. The molecule has 2 N–H and O–H groups in total. The largest absolute Gasteiger partial charge is 0.490 e. The normalized spacial score (nSPS) is 16.8. The number of hydrogen-bond donors (Lipinski definition) is 2. The van der Waals surface area contributed by atoms with Gasteiger partial charge in [-0.15, -0.1) is 0 Å². The Hall–Kier alpha value is -3.11. The van der Waals surface area contributed by atoms with Gasteiger partial charge in [0.2, 0.25) is 0 Å². The number of anilines is 1. The van der Waals surface area contributed by atoms with Crippen molar-refractivity contribution in [3.63, 3.8) is 0 Å². The second-order valence-electron chi connectivity index (χ2n) is 7.99. The minimum Gasteiger partial charge on any atom is -0.490 e. The molecule has 10 heteroatoms. The molecule has 0 fully saturated rings. The van der Waals surface area contributed by atoms with Crippen molar-refractivity contribution < 1.29 is 32.5 Å². The van der Waals surface area contributed by atoms with Gasteiger partial charge in [-0.2, -0.15) is 13.2 Å².